The Morgan fingerprint density at radius 3 is 2.61 bits per heavy atom. The molecule has 0 aromatic carbocycles. The van der Waals surface area contributed by atoms with Gasteiger partial charge in [0.2, 0.25) is 5.91 Å². The van der Waals surface area contributed by atoms with E-state index in [0.29, 0.717) is 12.0 Å². The molecule has 104 valence electrons. The lowest BCUT2D eigenvalue weighted by Crippen LogP contribution is -2.45. The number of hydrogen-bond donors (Lipinski definition) is 2. The highest BCUT2D eigenvalue weighted by Crippen LogP contribution is 2.29. The second-order valence-corrected chi connectivity index (χ2v) is 6.35. The standard InChI is InChI=1S/C15H28N2O/c1-11-5-3-4-6-13(11)9-17-15(18)14-8-7-12(2)16-10-14/h11-14,16H,3-10H2,1-2H3,(H,17,18). The third-order valence-corrected chi connectivity index (χ3v) is 4.86. The summed E-state index contributed by atoms with van der Waals surface area (Å²) in [5.41, 5.74) is 0. The van der Waals surface area contributed by atoms with Gasteiger partial charge in [-0.3, -0.25) is 4.79 Å². The Kier molecular flexibility index (Phi) is 5.04. The Hall–Kier alpha value is -0.570. The van der Waals surface area contributed by atoms with Crippen LogP contribution in [0.2, 0.25) is 0 Å². The topological polar surface area (TPSA) is 41.1 Å². The average Bonchev–Trinajstić information content (AvgIpc) is 2.38. The molecule has 4 unspecified atom stereocenters. The fraction of sp³-hybridized carbons (Fsp3) is 0.933. The molecule has 1 saturated carbocycles. The minimum atomic E-state index is 0.195. The molecule has 3 heteroatoms. The summed E-state index contributed by atoms with van der Waals surface area (Å²) in [6, 6.07) is 0.576. The van der Waals surface area contributed by atoms with Crippen LogP contribution in [0.3, 0.4) is 0 Å². The minimum absolute atomic E-state index is 0.195. The first-order valence-electron chi connectivity index (χ1n) is 7.68. The van der Waals surface area contributed by atoms with Crippen LogP contribution in [0.25, 0.3) is 0 Å². The summed E-state index contributed by atoms with van der Waals surface area (Å²) in [6.45, 7) is 6.27. The Bertz CT molecular complexity index is 272. The number of carbonyl (C=O) groups excluding carboxylic acids is 1. The van der Waals surface area contributed by atoms with Gasteiger partial charge in [0, 0.05) is 19.1 Å². The van der Waals surface area contributed by atoms with E-state index in [-0.39, 0.29) is 11.8 Å². The summed E-state index contributed by atoms with van der Waals surface area (Å²) < 4.78 is 0. The number of hydrogen-bond acceptors (Lipinski definition) is 2. The Labute approximate surface area is 111 Å². The Morgan fingerprint density at radius 1 is 1.17 bits per heavy atom. The van der Waals surface area contributed by atoms with E-state index in [0.717, 1.165) is 31.8 Å². The zero-order valence-corrected chi connectivity index (χ0v) is 11.9. The molecule has 2 aliphatic rings. The fourth-order valence-corrected chi connectivity index (χ4v) is 3.29. The Balaban J connectivity index is 1.70. The van der Waals surface area contributed by atoms with E-state index >= 15 is 0 Å². The van der Waals surface area contributed by atoms with Crippen molar-refractivity contribution in [2.45, 2.75) is 58.4 Å². The molecule has 0 aromatic heterocycles. The van der Waals surface area contributed by atoms with Crippen molar-refractivity contribution in [3.8, 4) is 0 Å². The molecule has 2 N–H and O–H groups in total. The first kappa shape index (κ1) is 13.9. The van der Waals surface area contributed by atoms with E-state index in [1.54, 1.807) is 0 Å². The van der Waals surface area contributed by atoms with Crippen LogP contribution in [-0.4, -0.2) is 25.0 Å². The van der Waals surface area contributed by atoms with E-state index in [1.165, 1.54) is 25.7 Å². The van der Waals surface area contributed by atoms with Gasteiger partial charge in [-0.1, -0.05) is 26.2 Å². The molecule has 18 heavy (non-hydrogen) atoms. The molecule has 1 aliphatic carbocycles. The third-order valence-electron chi connectivity index (χ3n) is 4.86. The molecule has 0 spiro atoms. The molecule has 2 fully saturated rings. The second-order valence-electron chi connectivity index (χ2n) is 6.35. The van der Waals surface area contributed by atoms with Crippen LogP contribution < -0.4 is 10.6 Å². The van der Waals surface area contributed by atoms with Crippen molar-refractivity contribution in [1.82, 2.24) is 10.6 Å². The van der Waals surface area contributed by atoms with Gasteiger partial charge in [-0.2, -0.15) is 0 Å². The van der Waals surface area contributed by atoms with Gasteiger partial charge in [0.25, 0.3) is 0 Å². The van der Waals surface area contributed by atoms with Gasteiger partial charge in [-0.15, -0.1) is 0 Å². The van der Waals surface area contributed by atoms with E-state index in [4.69, 9.17) is 0 Å². The number of carbonyl (C=O) groups is 1. The van der Waals surface area contributed by atoms with Gasteiger partial charge in [0.1, 0.15) is 0 Å². The molecule has 4 atom stereocenters. The summed E-state index contributed by atoms with van der Waals surface area (Å²) in [7, 11) is 0. The molecule has 0 aromatic rings. The van der Waals surface area contributed by atoms with Crippen molar-refractivity contribution in [2.75, 3.05) is 13.1 Å². The maximum atomic E-state index is 12.1. The smallest absolute Gasteiger partial charge is 0.224 e. The van der Waals surface area contributed by atoms with Gasteiger partial charge in [-0.25, -0.2) is 0 Å². The first-order valence-corrected chi connectivity index (χ1v) is 7.68. The quantitative estimate of drug-likeness (QED) is 0.809. The van der Waals surface area contributed by atoms with Crippen molar-refractivity contribution >= 4 is 5.91 Å². The van der Waals surface area contributed by atoms with Crippen LogP contribution in [0, 0.1) is 17.8 Å². The first-order chi connectivity index (χ1) is 8.66. The van der Waals surface area contributed by atoms with E-state index < -0.39 is 0 Å². The SMILES string of the molecule is CC1CCC(C(=O)NCC2CCCCC2C)CN1. The monoisotopic (exact) mass is 252 g/mol. The van der Waals surface area contributed by atoms with Crippen LogP contribution >= 0.6 is 0 Å². The lowest BCUT2D eigenvalue weighted by atomic mass is 9.80. The maximum Gasteiger partial charge on any atom is 0.224 e. The molecule has 1 aliphatic heterocycles. The molecule has 1 saturated heterocycles. The van der Waals surface area contributed by atoms with Crippen molar-refractivity contribution in [1.29, 1.82) is 0 Å². The van der Waals surface area contributed by atoms with E-state index in [9.17, 15) is 4.79 Å². The lowest BCUT2D eigenvalue weighted by Gasteiger charge is -2.31. The Morgan fingerprint density at radius 2 is 1.94 bits per heavy atom. The van der Waals surface area contributed by atoms with Gasteiger partial charge in [0.15, 0.2) is 0 Å². The molecule has 1 amide bonds. The highest BCUT2D eigenvalue weighted by atomic mass is 16.1. The van der Waals surface area contributed by atoms with Crippen LogP contribution in [0.1, 0.15) is 52.4 Å². The number of rotatable bonds is 3. The van der Waals surface area contributed by atoms with Crippen LogP contribution in [0.15, 0.2) is 0 Å². The van der Waals surface area contributed by atoms with Crippen molar-refractivity contribution in [3.63, 3.8) is 0 Å². The molecule has 0 radical (unpaired) electrons. The summed E-state index contributed by atoms with van der Waals surface area (Å²) in [5.74, 6) is 1.95. The number of amides is 1. The predicted octanol–water partition coefficient (Wildman–Crippen LogP) is 2.32. The van der Waals surface area contributed by atoms with Crippen molar-refractivity contribution in [3.05, 3.63) is 0 Å². The van der Waals surface area contributed by atoms with Gasteiger partial charge >= 0.3 is 0 Å². The van der Waals surface area contributed by atoms with Crippen molar-refractivity contribution < 1.29 is 4.79 Å². The molecule has 2 rings (SSSR count). The van der Waals surface area contributed by atoms with E-state index in [1.807, 2.05) is 0 Å². The molecule has 0 bridgehead atoms. The summed E-state index contributed by atoms with van der Waals surface area (Å²) in [6.07, 6.45) is 7.51. The second kappa shape index (κ2) is 6.55. The van der Waals surface area contributed by atoms with Crippen LogP contribution in [0.4, 0.5) is 0 Å². The summed E-state index contributed by atoms with van der Waals surface area (Å²) >= 11 is 0. The zero-order valence-electron chi connectivity index (χ0n) is 11.9. The average molecular weight is 252 g/mol. The predicted molar refractivity (Wildman–Crippen MR) is 74.3 cm³/mol. The molecule has 3 nitrogen and oxygen atoms in total. The summed E-state index contributed by atoms with van der Waals surface area (Å²) in [5, 5.41) is 6.59. The van der Waals surface area contributed by atoms with Gasteiger partial charge in [0.05, 0.1) is 5.92 Å². The highest BCUT2D eigenvalue weighted by molar-refractivity contribution is 5.79. The molecular formula is C15H28N2O. The third kappa shape index (κ3) is 3.71. The highest BCUT2D eigenvalue weighted by Gasteiger charge is 2.26. The number of piperidine rings is 1. The molecule has 1 heterocycles. The van der Waals surface area contributed by atoms with Crippen LogP contribution in [-0.2, 0) is 4.79 Å². The zero-order chi connectivity index (χ0) is 13.0. The largest absolute Gasteiger partial charge is 0.356 e. The lowest BCUT2D eigenvalue weighted by molar-refractivity contribution is -0.125. The summed E-state index contributed by atoms with van der Waals surface area (Å²) in [4.78, 5) is 12.1. The minimum Gasteiger partial charge on any atom is -0.356 e. The maximum absolute atomic E-state index is 12.1. The van der Waals surface area contributed by atoms with E-state index in [2.05, 4.69) is 24.5 Å². The normalized spacial score (nSPS) is 37.2. The number of nitrogens with one attached hydrogen (secondary N) is 2. The fourth-order valence-electron chi connectivity index (χ4n) is 3.29. The molecular weight excluding hydrogens is 224 g/mol. The van der Waals surface area contributed by atoms with Crippen molar-refractivity contribution in [2.24, 2.45) is 17.8 Å². The van der Waals surface area contributed by atoms with Gasteiger partial charge in [-0.05, 0) is 38.0 Å². The van der Waals surface area contributed by atoms with Crippen LogP contribution in [0.5, 0.6) is 0 Å². The van der Waals surface area contributed by atoms with Gasteiger partial charge < -0.3 is 10.6 Å².